The summed E-state index contributed by atoms with van der Waals surface area (Å²) in [5, 5.41) is 0. The van der Waals surface area contributed by atoms with Crippen molar-refractivity contribution in [1.29, 1.82) is 0 Å². The summed E-state index contributed by atoms with van der Waals surface area (Å²) >= 11 is 4.12. The van der Waals surface area contributed by atoms with Gasteiger partial charge in [-0.3, -0.25) is 0 Å². The molecular formula is C14H28O2S. The zero-order valence-corrected chi connectivity index (χ0v) is 13.3. The first-order valence-electron chi connectivity index (χ1n) is 5.94. The molecule has 0 aliphatic rings. The van der Waals surface area contributed by atoms with Crippen LogP contribution in [0.15, 0.2) is 12.2 Å². The van der Waals surface area contributed by atoms with Crippen LogP contribution in [0.2, 0.25) is 0 Å². The summed E-state index contributed by atoms with van der Waals surface area (Å²) in [7, 11) is 0. The summed E-state index contributed by atoms with van der Waals surface area (Å²) in [6, 6.07) is 0. The molecule has 2 nitrogen and oxygen atoms in total. The normalized spacial score (nSPS) is 11.3. The van der Waals surface area contributed by atoms with Crippen LogP contribution in [0.4, 0.5) is 0 Å². The minimum atomic E-state index is -0.271. The van der Waals surface area contributed by atoms with Crippen LogP contribution in [0.5, 0.6) is 0 Å². The molecule has 0 aliphatic heterocycles. The van der Waals surface area contributed by atoms with E-state index < -0.39 is 0 Å². The highest BCUT2D eigenvalue weighted by Crippen LogP contribution is 2.23. The van der Waals surface area contributed by atoms with Gasteiger partial charge < -0.3 is 4.74 Å². The first-order chi connectivity index (χ1) is 7.37. The first-order valence-corrected chi connectivity index (χ1v) is 6.39. The monoisotopic (exact) mass is 260 g/mol. The zero-order valence-electron chi connectivity index (χ0n) is 12.4. The van der Waals surface area contributed by atoms with E-state index in [0.717, 1.165) is 0 Å². The van der Waals surface area contributed by atoms with Gasteiger partial charge in [0, 0.05) is 10.3 Å². The minimum absolute atomic E-state index is 0.101. The Bertz CT molecular complexity index is 238. The van der Waals surface area contributed by atoms with E-state index in [2.05, 4.69) is 60.8 Å². The fourth-order valence-corrected chi connectivity index (χ4v) is 0.945. The molecule has 0 N–H and O–H groups in total. The van der Waals surface area contributed by atoms with Crippen molar-refractivity contribution in [2.75, 3.05) is 6.61 Å². The summed E-state index contributed by atoms with van der Waals surface area (Å²) in [5.41, 5.74) is 0.661. The predicted molar refractivity (Wildman–Crippen MR) is 78.6 cm³/mol. The van der Waals surface area contributed by atoms with E-state index in [1.54, 1.807) is 6.92 Å². The second-order valence-corrected chi connectivity index (χ2v) is 7.57. The second kappa shape index (κ2) is 7.80. The maximum atomic E-state index is 11.1. The van der Waals surface area contributed by atoms with Crippen molar-refractivity contribution in [1.82, 2.24) is 0 Å². The van der Waals surface area contributed by atoms with Crippen LogP contribution in [0, 0.1) is 5.41 Å². The molecule has 0 aliphatic carbocycles. The molecule has 17 heavy (non-hydrogen) atoms. The van der Waals surface area contributed by atoms with Crippen molar-refractivity contribution in [2.24, 2.45) is 5.41 Å². The molecule has 0 fully saturated rings. The SMILES string of the molecule is C=C(CC(C)(C)C)C(=O)OCC.CC(C)(C)S. The van der Waals surface area contributed by atoms with E-state index in [9.17, 15) is 4.79 Å². The Kier molecular flexibility index (Phi) is 8.68. The van der Waals surface area contributed by atoms with Gasteiger partial charge in [-0.25, -0.2) is 4.79 Å². The van der Waals surface area contributed by atoms with E-state index >= 15 is 0 Å². The van der Waals surface area contributed by atoms with Gasteiger partial charge >= 0.3 is 5.97 Å². The quantitative estimate of drug-likeness (QED) is 0.466. The number of hydrogen-bond acceptors (Lipinski definition) is 3. The Hall–Kier alpha value is -0.440. The fourth-order valence-electron chi connectivity index (χ4n) is 0.945. The van der Waals surface area contributed by atoms with E-state index in [4.69, 9.17) is 4.74 Å². The zero-order chi connectivity index (χ0) is 14.3. The Morgan fingerprint density at radius 1 is 1.18 bits per heavy atom. The number of ether oxygens (including phenoxy) is 1. The van der Waals surface area contributed by atoms with E-state index in [0.29, 0.717) is 18.6 Å². The topological polar surface area (TPSA) is 26.3 Å². The number of rotatable bonds is 3. The van der Waals surface area contributed by atoms with Gasteiger partial charge in [0.1, 0.15) is 0 Å². The lowest BCUT2D eigenvalue weighted by Crippen LogP contribution is -2.13. The Labute approximate surface area is 112 Å². The Balaban J connectivity index is 0. The smallest absolute Gasteiger partial charge is 0.333 e. The van der Waals surface area contributed by atoms with Gasteiger partial charge in [0.25, 0.3) is 0 Å². The number of carbonyl (C=O) groups is 1. The summed E-state index contributed by atoms with van der Waals surface area (Å²) in [6.45, 7) is 18.3. The molecule has 0 aromatic rings. The number of thiol groups is 1. The van der Waals surface area contributed by atoms with Gasteiger partial charge in [-0.2, -0.15) is 12.6 Å². The van der Waals surface area contributed by atoms with Gasteiger partial charge in [0.15, 0.2) is 0 Å². The molecule has 0 rings (SSSR count). The van der Waals surface area contributed by atoms with E-state index in [1.165, 1.54) is 0 Å². The van der Waals surface area contributed by atoms with Gasteiger partial charge in [0.2, 0.25) is 0 Å². The lowest BCUT2D eigenvalue weighted by atomic mass is 9.88. The highest BCUT2D eigenvalue weighted by molar-refractivity contribution is 7.81. The lowest BCUT2D eigenvalue weighted by Gasteiger charge is -2.18. The second-order valence-electron chi connectivity index (χ2n) is 6.23. The molecule has 0 unspecified atom stereocenters. The lowest BCUT2D eigenvalue weighted by molar-refractivity contribution is -0.138. The molecule has 0 saturated heterocycles. The Morgan fingerprint density at radius 2 is 1.53 bits per heavy atom. The summed E-state index contributed by atoms with van der Waals surface area (Å²) in [4.78, 5) is 11.1. The van der Waals surface area contributed by atoms with Gasteiger partial charge in [-0.1, -0.05) is 48.1 Å². The molecule has 0 atom stereocenters. The maximum absolute atomic E-state index is 11.1. The Morgan fingerprint density at radius 3 is 1.76 bits per heavy atom. The molecular weight excluding hydrogens is 232 g/mol. The molecule has 0 aromatic heterocycles. The summed E-state index contributed by atoms with van der Waals surface area (Å²) in [6.07, 6.45) is 0.686. The molecule has 102 valence electrons. The number of hydrogen-bond donors (Lipinski definition) is 1. The third kappa shape index (κ3) is 21.4. The van der Waals surface area contributed by atoms with Crippen molar-refractivity contribution in [2.45, 2.75) is 59.6 Å². The highest BCUT2D eigenvalue weighted by atomic mass is 32.1. The minimum Gasteiger partial charge on any atom is -0.463 e. The van der Waals surface area contributed by atoms with Crippen LogP contribution >= 0.6 is 12.6 Å². The number of carbonyl (C=O) groups excluding carboxylic acids is 1. The highest BCUT2D eigenvalue weighted by Gasteiger charge is 2.17. The van der Waals surface area contributed by atoms with Crippen molar-refractivity contribution in [3.05, 3.63) is 12.2 Å². The van der Waals surface area contributed by atoms with E-state index in [1.807, 2.05) is 0 Å². The van der Waals surface area contributed by atoms with Crippen LogP contribution in [-0.2, 0) is 9.53 Å². The van der Waals surface area contributed by atoms with E-state index in [-0.39, 0.29) is 16.1 Å². The maximum Gasteiger partial charge on any atom is 0.333 e. The third-order valence-electron chi connectivity index (χ3n) is 1.31. The summed E-state index contributed by atoms with van der Waals surface area (Å²) in [5.74, 6) is -0.271. The van der Waals surface area contributed by atoms with Gasteiger partial charge in [-0.15, -0.1) is 0 Å². The van der Waals surface area contributed by atoms with Gasteiger partial charge in [-0.05, 0) is 18.8 Å². The first kappa shape index (κ1) is 18.9. The molecule has 0 spiro atoms. The molecule has 0 amide bonds. The van der Waals surface area contributed by atoms with Crippen molar-refractivity contribution >= 4 is 18.6 Å². The average Bonchev–Trinajstić information content (AvgIpc) is 1.97. The fraction of sp³-hybridized carbons (Fsp3) is 0.786. The van der Waals surface area contributed by atoms with Gasteiger partial charge in [0.05, 0.1) is 6.61 Å². The average molecular weight is 260 g/mol. The predicted octanol–water partition coefficient (Wildman–Crippen LogP) is 4.26. The van der Waals surface area contributed by atoms with Crippen LogP contribution < -0.4 is 0 Å². The molecule has 0 bridgehead atoms. The van der Waals surface area contributed by atoms with Crippen LogP contribution in [0.25, 0.3) is 0 Å². The molecule has 0 saturated carbocycles. The van der Waals surface area contributed by atoms with Crippen molar-refractivity contribution < 1.29 is 9.53 Å². The molecule has 0 radical (unpaired) electrons. The molecule has 0 heterocycles. The largest absolute Gasteiger partial charge is 0.463 e. The molecule has 0 aromatic carbocycles. The standard InChI is InChI=1S/C10H18O2.C4H10S/c1-6-12-9(11)8(2)7-10(3,4)5;1-4(2,3)5/h2,6-7H2,1,3-5H3;5H,1-3H3. The van der Waals surface area contributed by atoms with Crippen molar-refractivity contribution in [3.63, 3.8) is 0 Å². The van der Waals surface area contributed by atoms with Crippen molar-refractivity contribution in [3.8, 4) is 0 Å². The van der Waals surface area contributed by atoms with Crippen LogP contribution in [0.1, 0.15) is 54.9 Å². The summed E-state index contributed by atoms with van der Waals surface area (Å²) < 4.78 is 5.01. The molecule has 3 heteroatoms. The van der Waals surface area contributed by atoms with Crippen LogP contribution in [0.3, 0.4) is 0 Å². The van der Waals surface area contributed by atoms with Crippen LogP contribution in [-0.4, -0.2) is 17.3 Å². The third-order valence-corrected chi connectivity index (χ3v) is 1.31. The number of esters is 1.